The van der Waals surface area contributed by atoms with Gasteiger partial charge in [-0.05, 0) is 31.5 Å². The second kappa shape index (κ2) is 5.80. The first-order valence-electron chi connectivity index (χ1n) is 6.59. The maximum absolute atomic E-state index is 9.19. The predicted octanol–water partition coefficient (Wildman–Crippen LogP) is 2.62. The van der Waals surface area contributed by atoms with Gasteiger partial charge in [0.05, 0.1) is 26.3 Å². The first-order chi connectivity index (χ1) is 10.0. The van der Waals surface area contributed by atoms with Crippen LogP contribution in [0.25, 0.3) is 0 Å². The smallest absolute Gasteiger partial charge is 0.127 e. The van der Waals surface area contributed by atoms with Gasteiger partial charge in [-0.3, -0.25) is 0 Å². The number of methoxy groups -OCH3 is 2. The van der Waals surface area contributed by atoms with E-state index in [1.165, 1.54) is 0 Å². The number of hydrogen-bond acceptors (Lipinski definition) is 4. The second-order valence-electron chi connectivity index (χ2n) is 4.85. The third kappa shape index (κ3) is 2.52. The van der Waals surface area contributed by atoms with Gasteiger partial charge >= 0.3 is 0 Å². The summed E-state index contributed by atoms with van der Waals surface area (Å²) >= 11 is 0. The molecule has 5 nitrogen and oxygen atoms in total. The Morgan fingerprint density at radius 2 is 1.95 bits per heavy atom. The summed E-state index contributed by atoms with van der Waals surface area (Å²) in [6, 6.07) is 7.82. The van der Waals surface area contributed by atoms with Gasteiger partial charge in [0, 0.05) is 17.3 Å². The monoisotopic (exact) mass is 285 g/mol. The molecule has 0 atom stereocenters. The standard InChI is InChI=1S/C16H19N3O2/c1-10-11(2)19(16(18)14(10)8-17)9-12-5-6-13(20-3)7-15(12)21-4/h5-7H,9,18H2,1-4H3. The fraction of sp³-hybridized carbons (Fsp3) is 0.312. The Morgan fingerprint density at radius 1 is 1.24 bits per heavy atom. The van der Waals surface area contributed by atoms with Crippen LogP contribution in [0.3, 0.4) is 0 Å². The average molecular weight is 285 g/mol. The van der Waals surface area contributed by atoms with Crippen LogP contribution >= 0.6 is 0 Å². The molecule has 0 saturated carbocycles. The van der Waals surface area contributed by atoms with E-state index >= 15 is 0 Å². The van der Waals surface area contributed by atoms with Gasteiger partial charge in [0.2, 0.25) is 0 Å². The molecule has 5 heteroatoms. The number of anilines is 1. The normalized spacial score (nSPS) is 10.2. The number of aromatic nitrogens is 1. The Balaban J connectivity index is 2.46. The van der Waals surface area contributed by atoms with Crippen LogP contribution in [0.5, 0.6) is 11.5 Å². The van der Waals surface area contributed by atoms with Gasteiger partial charge in [-0.25, -0.2) is 0 Å². The minimum atomic E-state index is 0.491. The number of nitrogens with zero attached hydrogens (tertiary/aromatic N) is 2. The number of rotatable bonds is 4. The molecule has 1 aromatic heterocycles. The highest BCUT2D eigenvalue weighted by Gasteiger charge is 2.16. The Kier molecular flexibility index (Phi) is 4.08. The Hall–Kier alpha value is -2.61. The third-order valence-electron chi connectivity index (χ3n) is 3.80. The van der Waals surface area contributed by atoms with Crippen molar-refractivity contribution in [1.29, 1.82) is 5.26 Å². The molecule has 2 rings (SSSR count). The number of benzene rings is 1. The van der Waals surface area contributed by atoms with Gasteiger partial charge < -0.3 is 19.8 Å². The predicted molar refractivity (Wildman–Crippen MR) is 81.7 cm³/mol. The summed E-state index contributed by atoms with van der Waals surface area (Å²) in [6.07, 6.45) is 0. The average Bonchev–Trinajstić information content (AvgIpc) is 2.71. The molecule has 1 heterocycles. The third-order valence-corrected chi connectivity index (χ3v) is 3.80. The Morgan fingerprint density at radius 3 is 2.48 bits per heavy atom. The van der Waals surface area contributed by atoms with Crippen LogP contribution in [-0.4, -0.2) is 18.8 Å². The molecule has 0 amide bonds. The maximum Gasteiger partial charge on any atom is 0.127 e. The number of nitriles is 1. The van der Waals surface area contributed by atoms with E-state index in [1.807, 2.05) is 36.6 Å². The van der Waals surface area contributed by atoms with Crippen molar-refractivity contribution in [1.82, 2.24) is 4.57 Å². The molecule has 0 spiro atoms. The molecule has 0 bridgehead atoms. The van der Waals surface area contributed by atoms with Gasteiger partial charge in [-0.2, -0.15) is 5.26 Å². The van der Waals surface area contributed by atoms with Gasteiger partial charge in [0.25, 0.3) is 0 Å². The first kappa shape index (κ1) is 14.8. The number of nitrogen functional groups attached to an aromatic ring is 1. The molecular formula is C16H19N3O2. The highest BCUT2D eigenvalue weighted by Crippen LogP contribution is 2.29. The molecule has 0 aliphatic heterocycles. The van der Waals surface area contributed by atoms with E-state index in [0.29, 0.717) is 17.9 Å². The molecule has 0 aliphatic carbocycles. The highest BCUT2D eigenvalue weighted by atomic mass is 16.5. The van der Waals surface area contributed by atoms with E-state index in [-0.39, 0.29) is 0 Å². The molecule has 0 unspecified atom stereocenters. The van der Waals surface area contributed by atoms with Crippen molar-refractivity contribution in [3.05, 3.63) is 40.6 Å². The lowest BCUT2D eigenvalue weighted by Crippen LogP contribution is -2.07. The minimum Gasteiger partial charge on any atom is -0.497 e. The van der Waals surface area contributed by atoms with Gasteiger partial charge in [0.1, 0.15) is 23.4 Å². The highest BCUT2D eigenvalue weighted by molar-refractivity contribution is 5.58. The summed E-state index contributed by atoms with van der Waals surface area (Å²) in [7, 11) is 3.24. The quantitative estimate of drug-likeness (QED) is 0.937. The lowest BCUT2D eigenvalue weighted by molar-refractivity contribution is 0.390. The molecule has 2 N–H and O–H groups in total. The molecule has 0 saturated heterocycles. The summed E-state index contributed by atoms with van der Waals surface area (Å²) in [5, 5.41) is 9.19. The van der Waals surface area contributed by atoms with Crippen LogP contribution in [-0.2, 0) is 6.54 Å². The summed E-state index contributed by atoms with van der Waals surface area (Å²) in [5.41, 5.74) is 9.51. The fourth-order valence-electron chi connectivity index (χ4n) is 2.39. The maximum atomic E-state index is 9.19. The minimum absolute atomic E-state index is 0.491. The Bertz CT molecular complexity index is 711. The van der Waals surface area contributed by atoms with Crippen molar-refractivity contribution in [2.24, 2.45) is 0 Å². The summed E-state index contributed by atoms with van der Waals surface area (Å²) in [5.74, 6) is 1.96. The van der Waals surface area contributed by atoms with Crippen LogP contribution in [0.4, 0.5) is 5.82 Å². The zero-order valence-corrected chi connectivity index (χ0v) is 12.7. The number of ether oxygens (including phenoxy) is 2. The SMILES string of the molecule is COc1ccc(Cn2c(C)c(C)c(C#N)c2N)c(OC)c1. The molecule has 110 valence electrons. The van der Waals surface area contributed by atoms with Crippen molar-refractivity contribution in [2.75, 3.05) is 20.0 Å². The van der Waals surface area contributed by atoms with E-state index < -0.39 is 0 Å². The van der Waals surface area contributed by atoms with Crippen molar-refractivity contribution in [3.63, 3.8) is 0 Å². The molecular weight excluding hydrogens is 266 g/mol. The number of nitrogens with two attached hydrogens (primary N) is 1. The van der Waals surface area contributed by atoms with Crippen LogP contribution in [0, 0.1) is 25.2 Å². The van der Waals surface area contributed by atoms with Crippen molar-refractivity contribution in [3.8, 4) is 17.6 Å². The Labute approximate surface area is 124 Å². The molecule has 2 aromatic rings. The van der Waals surface area contributed by atoms with Gasteiger partial charge in [-0.15, -0.1) is 0 Å². The van der Waals surface area contributed by atoms with Crippen LogP contribution < -0.4 is 15.2 Å². The molecule has 1 aromatic carbocycles. The lowest BCUT2D eigenvalue weighted by atomic mass is 10.2. The largest absolute Gasteiger partial charge is 0.497 e. The fourth-order valence-corrected chi connectivity index (χ4v) is 2.39. The van der Waals surface area contributed by atoms with Gasteiger partial charge in [-0.1, -0.05) is 0 Å². The zero-order valence-electron chi connectivity index (χ0n) is 12.7. The molecule has 0 aliphatic rings. The van der Waals surface area contributed by atoms with Crippen molar-refractivity contribution >= 4 is 5.82 Å². The zero-order chi connectivity index (χ0) is 15.6. The molecule has 0 fully saturated rings. The summed E-state index contributed by atoms with van der Waals surface area (Å²) in [4.78, 5) is 0. The molecule has 0 radical (unpaired) electrons. The van der Waals surface area contributed by atoms with E-state index in [9.17, 15) is 5.26 Å². The second-order valence-corrected chi connectivity index (χ2v) is 4.85. The van der Waals surface area contributed by atoms with E-state index in [1.54, 1.807) is 14.2 Å². The number of hydrogen-bond donors (Lipinski definition) is 1. The van der Waals surface area contributed by atoms with Crippen molar-refractivity contribution < 1.29 is 9.47 Å². The van der Waals surface area contributed by atoms with E-state index in [2.05, 4.69) is 6.07 Å². The summed E-state index contributed by atoms with van der Waals surface area (Å²) in [6.45, 7) is 4.42. The van der Waals surface area contributed by atoms with Gasteiger partial charge in [0.15, 0.2) is 0 Å². The van der Waals surface area contributed by atoms with Crippen LogP contribution in [0.15, 0.2) is 18.2 Å². The first-order valence-corrected chi connectivity index (χ1v) is 6.59. The van der Waals surface area contributed by atoms with Crippen LogP contribution in [0.1, 0.15) is 22.4 Å². The van der Waals surface area contributed by atoms with E-state index in [4.69, 9.17) is 15.2 Å². The topological polar surface area (TPSA) is 73.2 Å². The van der Waals surface area contributed by atoms with E-state index in [0.717, 1.165) is 28.3 Å². The lowest BCUT2D eigenvalue weighted by Gasteiger charge is -2.13. The van der Waals surface area contributed by atoms with Crippen molar-refractivity contribution in [2.45, 2.75) is 20.4 Å². The summed E-state index contributed by atoms with van der Waals surface area (Å²) < 4.78 is 12.5. The van der Waals surface area contributed by atoms with Crippen LogP contribution in [0.2, 0.25) is 0 Å². The molecule has 21 heavy (non-hydrogen) atoms.